The number of benzene rings is 3. The van der Waals surface area contributed by atoms with Crippen LogP contribution in [0.2, 0.25) is 0 Å². The van der Waals surface area contributed by atoms with Crippen LogP contribution in [0.3, 0.4) is 0 Å². The van der Waals surface area contributed by atoms with Gasteiger partial charge in [-0.2, -0.15) is 13.2 Å². The smallest absolute Gasteiger partial charge is 0.256 e. The minimum Gasteiger partial charge on any atom is -0.256 e. The van der Waals surface area contributed by atoms with E-state index in [9.17, 15) is 13.2 Å². The molecule has 0 saturated carbocycles. The van der Waals surface area contributed by atoms with E-state index in [4.69, 9.17) is 0 Å². The van der Waals surface area contributed by atoms with Crippen LogP contribution in [0.15, 0.2) is 72.9 Å². The minimum absolute atomic E-state index is 0.655. The molecule has 0 spiro atoms. The van der Waals surface area contributed by atoms with Crippen LogP contribution < -0.4 is 0 Å². The first-order valence-corrected chi connectivity index (χ1v) is 7.47. The molecule has 0 unspecified atom stereocenters. The second-order valence-electron chi connectivity index (χ2n) is 5.65. The first-order chi connectivity index (χ1) is 11.5. The summed E-state index contributed by atoms with van der Waals surface area (Å²) in [7, 11) is 0. The second kappa shape index (κ2) is 5.34. The zero-order chi connectivity index (χ0) is 16.7. The molecule has 0 bridgehead atoms. The van der Waals surface area contributed by atoms with E-state index in [-0.39, 0.29) is 0 Å². The van der Waals surface area contributed by atoms with Crippen molar-refractivity contribution >= 4 is 21.5 Å². The highest BCUT2D eigenvalue weighted by atomic mass is 19.4. The van der Waals surface area contributed by atoms with Gasteiger partial charge in [0.05, 0.1) is 11.3 Å². The predicted molar refractivity (Wildman–Crippen MR) is 89.7 cm³/mol. The maximum Gasteiger partial charge on any atom is 0.416 e. The summed E-state index contributed by atoms with van der Waals surface area (Å²) in [6.07, 6.45) is -2.57. The highest BCUT2D eigenvalue weighted by Gasteiger charge is 2.30. The fraction of sp³-hybridized carbons (Fsp3) is 0.0500. The van der Waals surface area contributed by atoms with Gasteiger partial charge >= 0.3 is 6.18 Å². The van der Waals surface area contributed by atoms with Crippen LogP contribution in [-0.2, 0) is 6.18 Å². The summed E-state index contributed by atoms with van der Waals surface area (Å²) in [5, 5.41) is 4.27. The Morgan fingerprint density at radius 3 is 2.17 bits per heavy atom. The first-order valence-electron chi connectivity index (χ1n) is 7.47. The molecule has 0 fully saturated rings. The Morgan fingerprint density at radius 2 is 1.42 bits per heavy atom. The van der Waals surface area contributed by atoms with E-state index in [2.05, 4.69) is 4.98 Å². The first kappa shape index (κ1) is 14.7. The van der Waals surface area contributed by atoms with E-state index in [1.165, 1.54) is 12.1 Å². The molecule has 0 aliphatic heterocycles. The third kappa shape index (κ3) is 2.50. The highest BCUT2D eigenvalue weighted by Crippen LogP contribution is 2.32. The Kier molecular flexibility index (Phi) is 3.27. The molecule has 4 aromatic rings. The lowest BCUT2D eigenvalue weighted by Gasteiger charge is -2.09. The molecule has 0 radical (unpaired) electrons. The van der Waals surface area contributed by atoms with Gasteiger partial charge in [-0.3, -0.25) is 4.98 Å². The van der Waals surface area contributed by atoms with E-state index >= 15 is 0 Å². The standard InChI is InChI=1S/C20H12F3N/c21-20(22,23)16-9-7-14(8-10-16)19-11-18-15(12-24-19)6-5-13-3-1-2-4-17(13)18/h1-12H. The molecule has 0 aliphatic rings. The zero-order valence-electron chi connectivity index (χ0n) is 12.5. The van der Waals surface area contributed by atoms with Gasteiger partial charge in [0.2, 0.25) is 0 Å². The van der Waals surface area contributed by atoms with Gasteiger partial charge in [-0.15, -0.1) is 0 Å². The van der Waals surface area contributed by atoms with Crippen molar-refractivity contribution in [2.24, 2.45) is 0 Å². The van der Waals surface area contributed by atoms with E-state index in [1.54, 1.807) is 6.20 Å². The second-order valence-corrected chi connectivity index (χ2v) is 5.65. The summed E-state index contributed by atoms with van der Waals surface area (Å²) < 4.78 is 38.1. The molecule has 4 rings (SSSR count). The summed E-state index contributed by atoms with van der Waals surface area (Å²) in [6, 6.07) is 19.1. The van der Waals surface area contributed by atoms with Gasteiger partial charge in [0.15, 0.2) is 0 Å². The third-order valence-electron chi connectivity index (χ3n) is 4.14. The van der Waals surface area contributed by atoms with Crippen molar-refractivity contribution in [3.63, 3.8) is 0 Å². The van der Waals surface area contributed by atoms with Crippen LogP contribution in [0.1, 0.15) is 5.56 Å². The molecule has 1 aromatic heterocycles. The number of alkyl halides is 3. The van der Waals surface area contributed by atoms with Gasteiger partial charge in [-0.05, 0) is 34.4 Å². The van der Waals surface area contributed by atoms with Gasteiger partial charge in [0.1, 0.15) is 0 Å². The van der Waals surface area contributed by atoms with Crippen LogP contribution >= 0.6 is 0 Å². The number of fused-ring (bicyclic) bond motifs is 3. The number of halogens is 3. The average molecular weight is 323 g/mol. The molecule has 0 N–H and O–H groups in total. The maximum absolute atomic E-state index is 12.7. The van der Waals surface area contributed by atoms with Crippen LogP contribution in [0.25, 0.3) is 32.8 Å². The Bertz CT molecular complexity index is 1030. The van der Waals surface area contributed by atoms with Gasteiger partial charge in [0, 0.05) is 17.1 Å². The van der Waals surface area contributed by atoms with Crippen LogP contribution in [0.5, 0.6) is 0 Å². The summed E-state index contributed by atoms with van der Waals surface area (Å²) in [4.78, 5) is 4.39. The molecule has 118 valence electrons. The molecular formula is C20H12F3N. The molecule has 0 saturated heterocycles. The maximum atomic E-state index is 12.7. The minimum atomic E-state index is -4.33. The van der Waals surface area contributed by atoms with E-state index in [0.29, 0.717) is 11.3 Å². The Balaban J connectivity index is 1.86. The number of hydrogen-bond donors (Lipinski definition) is 0. The highest BCUT2D eigenvalue weighted by molar-refractivity contribution is 6.08. The molecule has 0 atom stereocenters. The lowest BCUT2D eigenvalue weighted by atomic mass is 10.0. The number of nitrogens with zero attached hydrogens (tertiary/aromatic N) is 1. The number of pyridine rings is 1. The molecule has 3 aromatic carbocycles. The van der Waals surface area contributed by atoms with E-state index < -0.39 is 11.7 Å². The number of rotatable bonds is 1. The SMILES string of the molecule is FC(F)(F)c1ccc(-c2cc3c(ccc4ccccc43)cn2)cc1. The zero-order valence-corrected chi connectivity index (χ0v) is 12.5. The summed E-state index contributed by atoms with van der Waals surface area (Å²) in [5.41, 5.74) is 0.669. The van der Waals surface area contributed by atoms with E-state index in [1.807, 2.05) is 42.5 Å². The van der Waals surface area contributed by atoms with Crippen molar-refractivity contribution in [2.75, 3.05) is 0 Å². The third-order valence-corrected chi connectivity index (χ3v) is 4.14. The number of aromatic nitrogens is 1. The molecule has 1 nitrogen and oxygen atoms in total. The molecule has 0 aliphatic carbocycles. The van der Waals surface area contributed by atoms with Crippen molar-refractivity contribution < 1.29 is 13.2 Å². The Morgan fingerprint density at radius 1 is 0.708 bits per heavy atom. The van der Waals surface area contributed by atoms with Gasteiger partial charge < -0.3 is 0 Å². The van der Waals surface area contributed by atoms with Crippen molar-refractivity contribution in [2.45, 2.75) is 6.18 Å². The Labute approximate surface area is 136 Å². The van der Waals surface area contributed by atoms with Crippen LogP contribution in [-0.4, -0.2) is 4.98 Å². The van der Waals surface area contributed by atoms with Crippen LogP contribution in [0.4, 0.5) is 13.2 Å². The monoisotopic (exact) mass is 323 g/mol. The largest absolute Gasteiger partial charge is 0.416 e. The van der Waals surface area contributed by atoms with Gasteiger partial charge in [0.25, 0.3) is 0 Å². The molecule has 24 heavy (non-hydrogen) atoms. The lowest BCUT2D eigenvalue weighted by Crippen LogP contribution is -2.04. The van der Waals surface area contributed by atoms with Crippen LogP contribution in [0, 0.1) is 0 Å². The number of hydrogen-bond acceptors (Lipinski definition) is 1. The van der Waals surface area contributed by atoms with Gasteiger partial charge in [-0.25, -0.2) is 0 Å². The van der Waals surface area contributed by atoms with Crippen molar-refractivity contribution in [1.82, 2.24) is 4.98 Å². The molecule has 1 heterocycles. The normalized spacial score (nSPS) is 12.0. The molecule has 4 heteroatoms. The fourth-order valence-corrected chi connectivity index (χ4v) is 2.89. The van der Waals surface area contributed by atoms with Gasteiger partial charge in [-0.1, -0.05) is 48.5 Å². The summed E-state index contributed by atoms with van der Waals surface area (Å²) in [6.45, 7) is 0. The topological polar surface area (TPSA) is 12.9 Å². The van der Waals surface area contributed by atoms with E-state index in [0.717, 1.165) is 33.7 Å². The molecule has 0 amide bonds. The quantitative estimate of drug-likeness (QED) is 0.387. The fourth-order valence-electron chi connectivity index (χ4n) is 2.89. The van der Waals surface area contributed by atoms with Crippen molar-refractivity contribution in [3.05, 3.63) is 78.5 Å². The summed E-state index contributed by atoms with van der Waals surface area (Å²) >= 11 is 0. The average Bonchev–Trinajstić information content (AvgIpc) is 2.60. The summed E-state index contributed by atoms with van der Waals surface area (Å²) in [5.74, 6) is 0. The van der Waals surface area contributed by atoms with Crippen molar-refractivity contribution in [3.8, 4) is 11.3 Å². The Hall–Kier alpha value is -2.88. The lowest BCUT2D eigenvalue weighted by molar-refractivity contribution is -0.137. The van der Waals surface area contributed by atoms with Crippen molar-refractivity contribution in [1.29, 1.82) is 0 Å². The predicted octanol–water partition coefficient (Wildman–Crippen LogP) is 6.07. The molecular weight excluding hydrogens is 311 g/mol.